The van der Waals surface area contributed by atoms with Crippen LogP contribution in [0.1, 0.15) is 16.7 Å². The van der Waals surface area contributed by atoms with Crippen LogP contribution in [0.15, 0.2) is 160 Å². The molecule has 4 heterocycles. The predicted octanol–water partition coefficient (Wildman–Crippen LogP) is 15.3. The SMILES string of the molecule is N#Cc1cc(-n2c3ccccc3c3ccc4c5ccccc5oc4c32)c(-n2c3ccccc3c3ccc4c5ccccc5oc4c32)cc1-c1c(C(F)(F)F)cccc1C(F)(F)F. The number of hydrogen-bond acceptors (Lipinski definition) is 3. The summed E-state index contributed by atoms with van der Waals surface area (Å²) in [6, 6.07) is 44.6. The summed E-state index contributed by atoms with van der Waals surface area (Å²) in [5.74, 6) is 0. The van der Waals surface area contributed by atoms with Crippen molar-refractivity contribution in [3.63, 3.8) is 0 Å². The molecule has 62 heavy (non-hydrogen) atoms. The van der Waals surface area contributed by atoms with Crippen LogP contribution in [0.25, 0.3) is 110 Å². The molecule has 0 spiro atoms. The minimum absolute atomic E-state index is 0.194. The Morgan fingerprint density at radius 3 is 1.32 bits per heavy atom. The van der Waals surface area contributed by atoms with E-state index in [2.05, 4.69) is 0 Å². The van der Waals surface area contributed by atoms with E-state index < -0.39 is 40.2 Å². The lowest BCUT2D eigenvalue weighted by atomic mass is 9.89. The molecule has 0 aliphatic carbocycles. The fraction of sp³-hybridized carbons (Fsp3) is 0.0392. The number of benzene rings is 8. The Labute approximate surface area is 345 Å². The second-order valence-electron chi connectivity index (χ2n) is 15.3. The summed E-state index contributed by atoms with van der Waals surface area (Å²) in [7, 11) is 0. The van der Waals surface area contributed by atoms with Gasteiger partial charge in [0.25, 0.3) is 0 Å². The van der Waals surface area contributed by atoms with Crippen molar-refractivity contribution in [2.75, 3.05) is 0 Å². The van der Waals surface area contributed by atoms with Gasteiger partial charge < -0.3 is 18.0 Å². The zero-order chi connectivity index (χ0) is 42.2. The maximum atomic E-state index is 15.0. The molecular formula is C51H25F6N3O2. The average molecular weight is 826 g/mol. The van der Waals surface area contributed by atoms with Crippen molar-refractivity contribution in [2.45, 2.75) is 12.4 Å². The monoisotopic (exact) mass is 825 g/mol. The molecule has 8 aromatic carbocycles. The Bertz CT molecular complexity index is 3900. The normalized spacial score (nSPS) is 12.7. The van der Waals surface area contributed by atoms with Crippen LogP contribution in [-0.2, 0) is 12.4 Å². The number of fused-ring (bicyclic) bond motifs is 14. The highest BCUT2D eigenvalue weighted by Crippen LogP contribution is 2.49. The van der Waals surface area contributed by atoms with Crippen molar-refractivity contribution in [1.82, 2.24) is 9.13 Å². The summed E-state index contributed by atoms with van der Waals surface area (Å²) < 4.78 is 107. The number of hydrogen-bond donors (Lipinski definition) is 0. The Morgan fingerprint density at radius 1 is 0.435 bits per heavy atom. The molecule has 0 atom stereocenters. The van der Waals surface area contributed by atoms with Gasteiger partial charge in [-0.15, -0.1) is 0 Å². The lowest BCUT2D eigenvalue weighted by Gasteiger charge is -2.23. The van der Waals surface area contributed by atoms with Gasteiger partial charge in [0.15, 0.2) is 11.2 Å². The second-order valence-corrected chi connectivity index (χ2v) is 15.3. The molecule has 11 heteroatoms. The minimum Gasteiger partial charge on any atom is -0.454 e. The quantitative estimate of drug-likeness (QED) is 0.167. The van der Waals surface area contributed by atoms with Crippen molar-refractivity contribution in [1.29, 1.82) is 5.26 Å². The standard InChI is InChI=1S/C51H25F6N3O2/c52-50(53,54)37-14-9-15-38(51(55,56)57)45(37)36-25-42(60-40-17-6-2-11-29(40)33-21-23-35-31-13-4-8-19-44(31)62-49(35)47(33)60)41(24-27(36)26-58)59-39-16-5-1-10-28(39)32-20-22-34-30-12-3-7-18-43(30)61-48(34)46(32)59/h1-25H. The molecule has 0 bridgehead atoms. The van der Waals surface area contributed by atoms with Gasteiger partial charge in [-0.25, -0.2) is 0 Å². The van der Waals surface area contributed by atoms with Gasteiger partial charge in [-0.3, -0.25) is 0 Å². The summed E-state index contributed by atoms with van der Waals surface area (Å²) in [6.07, 6.45) is -10.4. The molecule has 0 N–H and O–H groups in total. The highest BCUT2D eigenvalue weighted by molar-refractivity contribution is 6.23. The minimum atomic E-state index is -5.21. The lowest BCUT2D eigenvalue weighted by Crippen LogP contribution is -2.15. The average Bonchev–Trinajstić information content (AvgIpc) is 4.03. The summed E-state index contributed by atoms with van der Waals surface area (Å²) in [5.41, 5.74) is -0.0484. The highest BCUT2D eigenvalue weighted by Gasteiger charge is 2.42. The van der Waals surface area contributed by atoms with Gasteiger partial charge in [0, 0.05) is 54.2 Å². The Morgan fingerprint density at radius 2 is 0.855 bits per heavy atom. The number of rotatable bonds is 3. The van der Waals surface area contributed by atoms with Crippen LogP contribution in [0, 0.1) is 11.3 Å². The van der Waals surface area contributed by atoms with Gasteiger partial charge in [0.05, 0.1) is 56.2 Å². The summed E-state index contributed by atoms with van der Waals surface area (Å²) >= 11 is 0. The van der Waals surface area contributed by atoms with E-state index in [0.717, 1.165) is 49.2 Å². The van der Waals surface area contributed by atoms with Crippen LogP contribution >= 0.6 is 0 Å². The van der Waals surface area contributed by atoms with Crippen molar-refractivity contribution in [3.8, 4) is 28.6 Å². The molecule has 12 rings (SSSR count). The maximum Gasteiger partial charge on any atom is 0.417 e. The fourth-order valence-electron chi connectivity index (χ4n) is 9.51. The van der Waals surface area contributed by atoms with E-state index in [-0.39, 0.29) is 5.69 Å². The van der Waals surface area contributed by atoms with Gasteiger partial charge in [-0.05, 0) is 60.7 Å². The van der Waals surface area contributed by atoms with Crippen LogP contribution in [0.4, 0.5) is 26.3 Å². The Balaban J connectivity index is 1.34. The van der Waals surface area contributed by atoms with E-state index in [9.17, 15) is 5.26 Å². The van der Waals surface area contributed by atoms with E-state index in [1.54, 1.807) is 0 Å². The number of alkyl halides is 6. The fourth-order valence-corrected chi connectivity index (χ4v) is 9.51. The number of para-hydroxylation sites is 4. The number of nitriles is 1. The molecule has 298 valence electrons. The number of aromatic nitrogens is 2. The first-order valence-electron chi connectivity index (χ1n) is 19.5. The van der Waals surface area contributed by atoms with Crippen molar-refractivity contribution in [3.05, 3.63) is 168 Å². The maximum absolute atomic E-state index is 15.0. The van der Waals surface area contributed by atoms with Crippen molar-refractivity contribution in [2.24, 2.45) is 0 Å². The smallest absolute Gasteiger partial charge is 0.417 e. The first-order chi connectivity index (χ1) is 30.0. The number of nitrogens with zero attached hydrogens (tertiary/aromatic N) is 3. The number of halogens is 6. The molecule has 0 aliphatic rings. The predicted molar refractivity (Wildman–Crippen MR) is 230 cm³/mol. The summed E-state index contributed by atoms with van der Waals surface area (Å²) in [6.45, 7) is 0. The van der Waals surface area contributed by atoms with Crippen LogP contribution in [0.2, 0.25) is 0 Å². The van der Waals surface area contributed by atoms with E-state index in [0.29, 0.717) is 62.2 Å². The molecule has 0 fully saturated rings. The highest BCUT2D eigenvalue weighted by atomic mass is 19.4. The first kappa shape index (κ1) is 35.9. The zero-order valence-electron chi connectivity index (χ0n) is 31.9. The third-order valence-electron chi connectivity index (χ3n) is 12.0. The second kappa shape index (κ2) is 12.5. The Hall–Kier alpha value is -7.97. The lowest BCUT2D eigenvalue weighted by molar-refractivity contribution is -0.142. The van der Waals surface area contributed by atoms with Gasteiger partial charge in [0.2, 0.25) is 0 Å². The molecule has 0 unspecified atom stereocenters. The molecule has 5 nitrogen and oxygen atoms in total. The van der Waals surface area contributed by atoms with Crippen LogP contribution < -0.4 is 0 Å². The summed E-state index contributed by atoms with van der Waals surface area (Å²) in [5, 5.41) is 17.2. The number of furan rings is 2. The third-order valence-corrected chi connectivity index (χ3v) is 12.0. The van der Waals surface area contributed by atoms with Gasteiger partial charge in [-0.1, -0.05) is 91.0 Å². The van der Waals surface area contributed by atoms with Gasteiger partial charge in [-0.2, -0.15) is 31.6 Å². The van der Waals surface area contributed by atoms with Crippen LogP contribution in [0.3, 0.4) is 0 Å². The third kappa shape index (κ3) is 4.92. The molecule has 12 aromatic rings. The van der Waals surface area contributed by atoms with Gasteiger partial charge in [0.1, 0.15) is 11.2 Å². The van der Waals surface area contributed by atoms with Crippen molar-refractivity contribution >= 4 is 87.5 Å². The molecule has 4 aromatic heterocycles. The largest absolute Gasteiger partial charge is 0.454 e. The molecule has 0 radical (unpaired) electrons. The van der Waals surface area contributed by atoms with Crippen molar-refractivity contribution < 1.29 is 35.2 Å². The van der Waals surface area contributed by atoms with Gasteiger partial charge >= 0.3 is 12.4 Å². The molecule has 0 saturated heterocycles. The molecule has 0 amide bonds. The molecule has 0 aliphatic heterocycles. The zero-order valence-corrected chi connectivity index (χ0v) is 31.9. The van der Waals surface area contributed by atoms with E-state index in [1.807, 2.05) is 137 Å². The Kier molecular flexibility index (Phi) is 7.26. The van der Waals surface area contributed by atoms with Crippen LogP contribution in [-0.4, -0.2) is 9.13 Å². The van der Waals surface area contributed by atoms with E-state index in [4.69, 9.17) is 8.83 Å². The van der Waals surface area contributed by atoms with E-state index in [1.165, 1.54) is 12.1 Å². The first-order valence-corrected chi connectivity index (χ1v) is 19.5. The summed E-state index contributed by atoms with van der Waals surface area (Å²) in [4.78, 5) is 0. The molecule has 0 saturated carbocycles. The molecular weight excluding hydrogens is 801 g/mol. The topological polar surface area (TPSA) is 59.9 Å². The van der Waals surface area contributed by atoms with Crippen LogP contribution in [0.5, 0.6) is 0 Å². The van der Waals surface area contributed by atoms with E-state index >= 15 is 26.3 Å².